The van der Waals surface area contributed by atoms with Crippen LogP contribution < -0.4 is 10.4 Å². The van der Waals surface area contributed by atoms with Crippen LogP contribution in [0.5, 0.6) is 5.75 Å². The average Bonchev–Trinajstić information content (AvgIpc) is 2.65. The van der Waals surface area contributed by atoms with E-state index in [1.807, 2.05) is 18.2 Å². The van der Waals surface area contributed by atoms with Gasteiger partial charge in [-0.1, -0.05) is 89.7 Å². The van der Waals surface area contributed by atoms with Crippen molar-refractivity contribution in [3.05, 3.63) is 40.8 Å². The molecule has 0 unspecified atom stereocenters. The van der Waals surface area contributed by atoms with Crippen molar-refractivity contribution in [1.82, 2.24) is 0 Å². The van der Waals surface area contributed by atoms with Gasteiger partial charge < -0.3 is 9.15 Å². The third-order valence-corrected chi connectivity index (χ3v) is 4.87. The molecule has 0 saturated heterocycles. The number of ether oxygens (including phenoxy) is 1. The maximum Gasteiger partial charge on any atom is 0.339 e. The Bertz CT molecular complexity index is 674. The molecule has 1 heterocycles. The number of unbranched alkanes of at least 4 members (excludes halogenated alkanes) is 11. The van der Waals surface area contributed by atoms with E-state index < -0.39 is 0 Å². The van der Waals surface area contributed by atoms with Crippen molar-refractivity contribution in [1.29, 1.82) is 0 Å². The number of hydrogen-bond donors (Lipinski definition) is 0. The summed E-state index contributed by atoms with van der Waals surface area (Å²) in [5.41, 5.74) is 0.234. The smallest absolute Gasteiger partial charge is 0.339 e. The van der Waals surface area contributed by atoms with Crippen molar-refractivity contribution < 1.29 is 9.15 Å². The molecule has 0 aliphatic heterocycles. The van der Waals surface area contributed by atoms with E-state index in [9.17, 15) is 4.79 Å². The minimum absolute atomic E-state index is 0.353. The fraction of sp³-hybridized carbons (Fsp3) is 0.609. The number of rotatable bonds is 14. The minimum atomic E-state index is -0.353. The Morgan fingerprint density at radius 3 is 2.04 bits per heavy atom. The van der Waals surface area contributed by atoms with Gasteiger partial charge in [-0.15, -0.1) is 0 Å². The topological polar surface area (TPSA) is 39.4 Å². The van der Waals surface area contributed by atoms with Gasteiger partial charge in [0, 0.05) is 0 Å². The molecule has 0 aliphatic carbocycles. The number of fused-ring (bicyclic) bond motifs is 1. The second-order valence-corrected chi connectivity index (χ2v) is 7.16. The average molecular weight is 359 g/mol. The van der Waals surface area contributed by atoms with E-state index in [1.54, 1.807) is 6.07 Å². The summed E-state index contributed by atoms with van der Waals surface area (Å²) in [5.74, 6) is 0.639. The van der Waals surface area contributed by atoms with Crippen LogP contribution in [-0.2, 0) is 0 Å². The minimum Gasteiger partial charge on any atom is -0.493 e. The van der Waals surface area contributed by atoms with Gasteiger partial charge in [-0.3, -0.25) is 0 Å². The van der Waals surface area contributed by atoms with Gasteiger partial charge >= 0.3 is 5.63 Å². The Hall–Kier alpha value is -1.77. The van der Waals surface area contributed by atoms with E-state index in [1.165, 1.54) is 76.7 Å². The lowest BCUT2D eigenvalue weighted by Gasteiger charge is -2.08. The summed E-state index contributed by atoms with van der Waals surface area (Å²) in [7, 11) is 0. The molecule has 0 aliphatic rings. The van der Waals surface area contributed by atoms with Crippen LogP contribution in [0.15, 0.2) is 39.5 Å². The predicted octanol–water partition coefficient (Wildman–Crippen LogP) is 6.87. The maximum atomic E-state index is 11.6. The fourth-order valence-corrected chi connectivity index (χ4v) is 3.33. The largest absolute Gasteiger partial charge is 0.493 e. The highest BCUT2D eigenvalue weighted by molar-refractivity contribution is 5.82. The Morgan fingerprint density at radius 2 is 1.38 bits per heavy atom. The molecule has 0 saturated carbocycles. The molecule has 1 aromatic heterocycles. The Kier molecular flexibility index (Phi) is 9.92. The van der Waals surface area contributed by atoms with Crippen molar-refractivity contribution in [3.8, 4) is 5.75 Å². The van der Waals surface area contributed by atoms with Gasteiger partial charge in [-0.25, -0.2) is 4.79 Å². The third kappa shape index (κ3) is 7.63. The molecule has 0 N–H and O–H groups in total. The summed E-state index contributed by atoms with van der Waals surface area (Å²) in [5, 5.41) is 0.867. The molecule has 2 aromatic rings. The molecule has 0 bridgehead atoms. The zero-order valence-electron chi connectivity index (χ0n) is 16.3. The van der Waals surface area contributed by atoms with E-state index >= 15 is 0 Å². The molecule has 0 amide bonds. The van der Waals surface area contributed by atoms with Crippen molar-refractivity contribution in [3.63, 3.8) is 0 Å². The lowest BCUT2D eigenvalue weighted by atomic mass is 10.1. The zero-order chi connectivity index (χ0) is 18.5. The second-order valence-electron chi connectivity index (χ2n) is 7.16. The van der Waals surface area contributed by atoms with E-state index in [0.29, 0.717) is 17.9 Å². The molecule has 0 spiro atoms. The van der Waals surface area contributed by atoms with Crippen LogP contribution in [0.25, 0.3) is 11.0 Å². The summed E-state index contributed by atoms with van der Waals surface area (Å²) >= 11 is 0. The van der Waals surface area contributed by atoms with Gasteiger partial charge in [-0.2, -0.15) is 0 Å². The fourth-order valence-electron chi connectivity index (χ4n) is 3.33. The van der Waals surface area contributed by atoms with Crippen LogP contribution in [0.2, 0.25) is 0 Å². The second kappa shape index (κ2) is 12.6. The molecule has 0 radical (unpaired) electrons. The highest BCUT2D eigenvalue weighted by Crippen LogP contribution is 2.23. The first-order valence-corrected chi connectivity index (χ1v) is 10.5. The normalized spacial score (nSPS) is 11.1. The summed E-state index contributed by atoms with van der Waals surface area (Å²) < 4.78 is 11.0. The van der Waals surface area contributed by atoms with E-state index in [0.717, 1.165) is 11.8 Å². The molecule has 3 heteroatoms. The molecular formula is C23H34O3. The third-order valence-electron chi connectivity index (χ3n) is 4.87. The maximum absolute atomic E-state index is 11.6. The Labute approximate surface area is 157 Å². The van der Waals surface area contributed by atoms with Gasteiger partial charge in [0.25, 0.3) is 0 Å². The quantitative estimate of drug-likeness (QED) is 0.273. The van der Waals surface area contributed by atoms with Crippen molar-refractivity contribution >= 4 is 11.0 Å². The summed E-state index contributed by atoms with van der Waals surface area (Å²) in [6.45, 7) is 2.93. The van der Waals surface area contributed by atoms with Crippen molar-refractivity contribution in [2.45, 2.75) is 84.0 Å². The van der Waals surface area contributed by atoms with Crippen LogP contribution in [0.3, 0.4) is 0 Å². The molecule has 26 heavy (non-hydrogen) atoms. The van der Waals surface area contributed by atoms with Crippen LogP contribution in [0.1, 0.15) is 84.0 Å². The number of para-hydroxylation sites is 1. The zero-order valence-corrected chi connectivity index (χ0v) is 16.3. The molecule has 0 fully saturated rings. The highest BCUT2D eigenvalue weighted by Gasteiger charge is 2.05. The van der Waals surface area contributed by atoms with Gasteiger partial charge in [0.05, 0.1) is 18.1 Å². The van der Waals surface area contributed by atoms with Crippen LogP contribution >= 0.6 is 0 Å². The molecular weight excluding hydrogens is 324 g/mol. The molecule has 2 rings (SSSR count). The van der Waals surface area contributed by atoms with E-state index in [2.05, 4.69) is 6.92 Å². The Morgan fingerprint density at radius 1 is 0.808 bits per heavy atom. The first-order chi connectivity index (χ1) is 12.8. The van der Waals surface area contributed by atoms with Crippen molar-refractivity contribution in [2.24, 2.45) is 0 Å². The number of benzene rings is 1. The van der Waals surface area contributed by atoms with Gasteiger partial charge in [0.1, 0.15) is 11.3 Å². The predicted molar refractivity (Wildman–Crippen MR) is 109 cm³/mol. The Balaban J connectivity index is 1.52. The van der Waals surface area contributed by atoms with Crippen LogP contribution in [-0.4, -0.2) is 6.61 Å². The first-order valence-electron chi connectivity index (χ1n) is 10.5. The standard InChI is InChI=1S/C23H34O3/c1-2-3-4-5-6-7-8-9-10-11-12-15-18-25-22-19-23(24)26-21-17-14-13-16-20(21)22/h13-14,16-17,19H,2-12,15,18H2,1H3. The molecule has 0 atom stereocenters. The molecule has 3 nitrogen and oxygen atoms in total. The lowest BCUT2D eigenvalue weighted by Crippen LogP contribution is -2.03. The highest BCUT2D eigenvalue weighted by atomic mass is 16.5. The van der Waals surface area contributed by atoms with Crippen LogP contribution in [0.4, 0.5) is 0 Å². The molecule has 144 valence electrons. The van der Waals surface area contributed by atoms with Gasteiger partial charge in [0.2, 0.25) is 0 Å². The first kappa shape index (κ1) is 20.5. The summed E-state index contributed by atoms with van der Waals surface area (Å²) in [4.78, 5) is 11.6. The van der Waals surface area contributed by atoms with Crippen molar-refractivity contribution in [2.75, 3.05) is 6.61 Å². The number of hydrogen-bond acceptors (Lipinski definition) is 3. The summed E-state index contributed by atoms with van der Waals surface area (Å²) in [6.07, 6.45) is 15.9. The SMILES string of the molecule is CCCCCCCCCCCCCCOc1cc(=O)oc2ccccc12. The molecule has 1 aromatic carbocycles. The van der Waals surface area contributed by atoms with Crippen LogP contribution in [0, 0.1) is 0 Å². The van der Waals surface area contributed by atoms with E-state index in [-0.39, 0.29) is 5.63 Å². The van der Waals surface area contributed by atoms with Gasteiger partial charge in [0.15, 0.2) is 0 Å². The van der Waals surface area contributed by atoms with E-state index in [4.69, 9.17) is 9.15 Å². The monoisotopic (exact) mass is 358 g/mol. The summed E-state index contributed by atoms with van der Waals surface area (Å²) in [6, 6.07) is 8.96. The lowest BCUT2D eigenvalue weighted by molar-refractivity contribution is 0.305. The van der Waals surface area contributed by atoms with Gasteiger partial charge in [-0.05, 0) is 18.6 Å².